The number of nitrogens with one attached hydrogen (secondary N) is 2. The van der Waals surface area contributed by atoms with Crippen LogP contribution in [0.4, 0.5) is 11.4 Å². The minimum atomic E-state index is -0.926. The molecule has 0 bridgehead atoms. The monoisotopic (exact) mass is 416 g/mol. The molecule has 0 fully saturated rings. The van der Waals surface area contributed by atoms with E-state index in [0.29, 0.717) is 22.6 Å². The fraction of sp³-hybridized carbons (Fsp3) is 0.167. The van der Waals surface area contributed by atoms with Gasteiger partial charge in [0.2, 0.25) is 5.91 Å². The summed E-state index contributed by atoms with van der Waals surface area (Å²) in [6.45, 7) is 3.38. The molecule has 3 amide bonds. The summed E-state index contributed by atoms with van der Waals surface area (Å²) >= 11 is 0. The minimum absolute atomic E-state index is 0.195. The van der Waals surface area contributed by atoms with Crippen LogP contribution in [0.3, 0.4) is 0 Å². The summed E-state index contributed by atoms with van der Waals surface area (Å²) in [5.41, 5.74) is 3.15. The molecule has 0 unspecified atom stereocenters. The van der Waals surface area contributed by atoms with Gasteiger partial charge in [-0.3, -0.25) is 19.4 Å². The third-order valence-corrected chi connectivity index (χ3v) is 4.70. The first-order valence-electron chi connectivity index (χ1n) is 9.78. The topological polar surface area (TPSA) is 91.4 Å². The molecule has 0 radical (unpaired) electrons. The molecule has 7 nitrogen and oxygen atoms in total. The molecular weight excluding hydrogens is 392 g/mol. The van der Waals surface area contributed by atoms with E-state index in [0.717, 1.165) is 5.56 Å². The van der Waals surface area contributed by atoms with Gasteiger partial charge in [-0.1, -0.05) is 23.8 Å². The molecule has 0 aliphatic rings. The van der Waals surface area contributed by atoms with Crippen molar-refractivity contribution in [3.63, 3.8) is 0 Å². The molecule has 1 heterocycles. The summed E-state index contributed by atoms with van der Waals surface area (Å²) in [6.07, 6.45) is 1.59. The van der Waals surface area contributed by atoms with Crippen LogP contribution in [0.15, 0.2) is 72.9 Å². The molecule has 1 atom stereocenters. The van der Waals surface area contributed by atoms with Crippen molar-refractivity contribution < 1.29 is 14.4 Å². The van der Waals surface area contributed by atoms with Crippen LogP contribution in [0, 0.1) is 6.92 Å². The van der Waals surface area contributed by atoms with Gasteiger partial charge in [-0.2, -0.15) is 0 Å². The Bertz CT molecular complexity index is 1060. The average molecular weight is 416 g/mol. The highest BCUT2D eigenvalue weighted by molar-refractivity contribution is 6.01. The fourth-order valence-electron chi connectivity index (χ4n) is 3.11. The second-order valence-electron chi connectivity index (χ2n) is 7.19. The number of pyridine rings is 1. The van der Waals surface area contributed by atoms with Crippen LogP contribution >= 0.6 is 0 Å². The minimum Gasteiger partial charge on any atom is -0.326 e. The van der Waals surface area contributed by atoms with Crippen molar-refractivity contribution in [2.45, 2.75) is 19.9 Å². The number of hydrogen-bond donors (Lipinski definition) is 2. The maximum atomic E-state index is 13.2. The number of aromatic nitrogens is 1. The van der Waals surface area contributed by atoms with Gasteiger partial charge in [0, 0.05) is 37.1 Å². The van der Waals surface area contributed by atoms with Crippen molar-refractivity contribution in [1.82, 2.24) is 9.88 Å². The highest BCUT2D eigenvalue weighted by atomic mass is 16.2. The molecular formula is C24H24N4O3. The van der Waals surface area contributed by atoms with Crippen LogP contribution in [-0.4, -0.2) is 34.7 Å². The number of amides is 3. The summed E-state index contributed by atoms with van der Waals surface area (Å²) in [6, 6.07) is 18.2. The van der Waals surface area contributed by atoms with Gasteiger partial charge >= 0.3 is 0 Å². The Morgan fingerprint density at radius 3 is 2.06 bits per heavy atom. The molecule has 0 aliphatic carbocycles. The van der Waals surface area contributed by atoms with Gasteiger partial charge in [0.25, 0.3) is 11.8 Å². The Balaban J connectivity index is 1.86. The maximum Gasteiger partial charge on any atom is 0.254 e. The normalized spacial score (nSPS) is 11.3. The van der Waals surface area contributed by atoms with Crippen LogP contribution in [0.25, 0.3) is 0 Å². The zero-order valence-electron chi connectivity index (χ0n) is 17.6. The number of carbonyl (C=O) groups is 3. The molecule has 3 aromatic rings. The van der Waals surface area contributed by atoms with Crippen molar-refractivity contribution in [3.05, 3.63) is 89.7 Å². The van der Waals surface area contributed by atoms with Gasteiger partial charge < -0.3 is 15.5 Å². The lowest BCUT2D eigenvalue weighted by molar-refractivity contribution is -0.120. The van der Waals surface area contributed by atoms with E-state index in [1.807, 2.05) is 31.2 Å². The molecule has 2 N–H and O–H groups in total. The van der Waals surface area contributed by atoms with Crippen LogP contribution in [-0.2, 0) is 9.59 Å². The van der Waals surface area contributed by atoms with E-state index in [4.69, 9.17) is 0 Å². The van der Waals surface area contributed by atoms with E-state index in [1.165, 1.54) is 11.8 Å². The van der Waals surface area contributed by atoms with E-state index in [-0.39, 0.29) is 17.7 Å². The zero-order valence-corrected chi connectivity index (χ0v) is 17.6. The lowest BCUT2D eigenvalue weighted by Crippen LogP contribution is -2.39. The summed E-state index contributed by atoms with van der Waals surface area (Å²) in [5, 5.41) is 5.53. The van der Waals surface area contributed by atoms with Gasteiger partial charge in [-0.25, -0.2) is 0 Å². The maximum absolute atomic E-state index is 13.2. The Labute approximate surface area is 181 Å². The number of anilines is 2. The van der Waals surface area contributed by atoms with Crippen molar-refractivity contribution in [2.75, 3.05) is 17.7 Å². The number of hydrogen-bond acceptors (Lipinski definition) is 4. The molecule has 3 rings (SSSR count). The third-order valence-electron chi connectivity index (χ3n) is 4.70. The molecule has 0 saturated carbocycles. The number of likely N-dealkylation sites (N-methyl/N-ethyl adjacent to an activating group) is 1. The molecule has 1 aromatic heterocycles. The van der Waals surface area contributed by atoms with Gasteiger partial charge in [-0.05, 0) is 55.5 Å². The molecule has 31 heavy (non-hydrogen) atoms. The van der Waals surface area contributed by atoms with Crippen LogP contribution < -0.4 is 10.6 Å². The number of carbonyl (C=O) groups excluding carboxylic acids is 3. The van der Waals surface area contributed by atoms with Crippen molar-refractivity contribution >= 4 is 29.1 Å². The number of nitrogens with zero attached hydrogens (tertiary/aromatic N) is 2. The molecule has 0 spiro atoms. The van der Waals surface area contributed by atoms with E-state index < -0.39 is 6.04 Å². The average Bonchev–Trinajstić information content (AvgIpc) is 2.76. The summed E-state index contributed by atoms with van der Waals surface area (Å²) < 4.78 is 0. The first-order chi connectivity index (χ1) is 14.8. The number of aryl methyl sites for hydroxylation is 1. The first-order valence-corrected chi connectivity index (χ1v) is 9.78. The fourth-order valence-corrected chi connectivity index (χ4v) is 3.11. The Morgan fingerprint density at radius 2 is 1.48 bits per heavy atom. The highest BCUT2D eigenvalue weighted by Crippen LogP contribution is 2.23. The van der Waals surface area contributed by atoms with Crippen molar-refractivity contribution in [2.24, 2.45) is 0 Å². The van der Waals surface area contributed by atoms with E-state index in [9.17, 15) is 14.4 Å². The predicted molar refractivity (Wildman–Crippen MR) is 120 cm³/mol. The summed E-state index contributed by atoms with van der Waals surface area (Å²) in [5.74, 6) is -0.906. The second kappa shape index (κ2) is 9.67. The lowest BCUT2D eigenvalue weighted by Gasteiger charge is -2.27. The molecule has 0 saturated heterocycles. The molecule has 0 aliphatic heterocycles. The van der Waals surface area contributed by atoms with E-state index >= 15 is 0 Å². The molecule has 158 valence electrons. The predicted octanol–water partition coefficient (Wildman–Crippen LogP) is 3.80. The third kappa shape index (κ3) is 5.54. The van der Waals surface area contributed by atoms with E-state index in [2.05, 4.69) is 15.6 Å². The quantitative estimate of drug-likeness (QED) is 0.639. The smallest absolute Gasteiger partial charge is 0.254 e. The first kappa shape index (κ1) is 21.7. The van der Waals surface area contributed by atoms with Gasteiger partial charge in [0.1, 0.15) is 0 Å². The second-order valence-corrected chi connectivity index (χ2v) is 7.19. The Kier molecular flexibility index (Phi) is 6.77. The number of rotatable bonds is 6. The van der Waals surface area contributed by atoms with Crippen LogP contribution in [0.2, 0.25) is 0 Å². The Morgan fingerprint density at radius 1 is 0.871 bits per heavy atom. The standard InChI is InChI=1S/C24H24N4O3/c1-16-7-11-20(12-8-16)27-23(30)22(21-6-4-5-15-25-21)28(3)24(31)18-9-13-19(14-10-18)26-17(2)29/h4-15,22H,1-3H3,(H,26,29)(H,27,30)/t22-/m1/s1. The van der Waals surface area contributed by atoms with Gasteiger partial charge in [0.15, 0.2) is 6.04 Å². The largest absolute Gasteiger partial charge is 0.326 e. The highest BCUT2D eigenvalue weighted by Gasteiger charge is 2.30. The molecule has 2 aromatic carbocycles. The van der Waals surface area contributed by atoms with Crippen LogP contribution in [0.1, 0.15) is 34.6 Å². The summed E-state index contributed by atoms with van der Waals surface area (Å²) in [7, 11) is 1.57. The molecule has 7 heteroatoms. The van der Waals surface area contributed by atoms with Gasteiger partial charge in [0.05, 0.1) is 5.69 Å². The van der Waals surface area contributed by atoms with Gasteiger partial charge in [-0.15, -0.1) is 0 Å². The van der Waals surface area contributed by atoms with Crippen molar-refractivity contribution in [1.29, 1.82) is 0 Å². The SMILES string of the molecule is CC(=O)Nc1ccc(C(=O)N(C)[C@@H](C(=O)Nc2ccc(C)cc2)c2ccccn2)cc1. The Hall–Kier alpha value is -4.00. The van der Waals surface area contributed by atoms with Crippen LogP contribution in [0.5, 0.6) is 0 Å². The lowest BCUT2D eigenvalue weighted by atomic mass is 10.1. The number of benzene rings is 2. The van der Waals surface area contributed by atoms with E-state index in [1.54, 1.807) is 55.7 Å². The zero-order chi connectivity index (χ0) is 22.4. The van der Waals surface area contributed by atoms with Crippen molar-refractivity contribution in [3.8, 4) is 0 Å². The summed E-state index contributed by atoms with van der Waals surface area (Å²) in [4.78, 5) is 43.1.